The van der Waals surface area contributed by atoms with Gasteiger partial charge in [-0.25, -0.2) is 14.5 Å². The van der Waals surface area contributed by atoms with Gasteiger partial charge in [-0.05, 0) is 18.2 Å². The minimum atomic E-state index is 0.0812. The van der Waals surface area contributed by atoms with Crippen LogP contribution in [0.2, 0.25) is 0 Å². The van der Waals surface area contributed by atoms with Crippen molar-refractivity contribution in [3.05, 3.63) is 42.5 Å². The van der Waals surface area contributed by atoms with Crippen molar-refractivity contribution in [2.24, 2.45) is 0 Å². The van der Waals surface area contributed by atoms with Crippen molar-refractivity contribution in [2.45, 2.75) is 18.7 Å². The van der Waals surface area contributed by atoms with Crippen molar-refractivity contribution in [1.29, 1.82) is 0 Å². The second kappa shape index (κ2) is 7.45. The van der Waals surface area contributed by atoms with Crippen molar-refractivity contribution in [3.8, 4) is 0 Å². The van der Waals surface area contributed by atoms with E-state index in [2.05, 4.69) is 36.3 Å². The fourth-order valence-corrected chi connectivity index (χ4v) is 3.40. The largest absolute Gasteiger partial charge is 0.378 e. The molecule has 4 heterocycles. The SMILES string of the molecule is CO[C@@H]1CN(c2ccnc(N(C)C)n2)C[C@@H]1NCc1cccc2ncnn12. The molecule has 0 amide bonds. The Morgan fingerprint density at radius 1 is 1.22 bits per heavy atom. The van der Waals surface area contributed by atoms with E-state index in [4.69, 9.17) is 4.74 Å². The third-order valence-electron chi connectivity index (χ3n) is 4.85. The van der Waals surface area contributed by atoms with Gasteiger partial charge in [0, 0.05) is 47.0 Å². The van der Waals surface area contributed by atoms with Gasteiger partial charge in [0.1, 0.15) is 12.1 Å². The molecule has 1 saturated heterocycles. The summed E-state index contributed by atoms with van der Waals surface area (Å²) < 4.78 is 7.58. The monoisotopic (exact) mass is 368 g/mol. The van der Waals surface area contributed by atoms with E-state index in [1.165, 1.54) is 0 Å². The summed E-state index contributed by atoms with van der Waals surface area (Å²) in [4.78, 5) is 17.3. The van der Waals surface area contributed by atoms with Gasteiger partial charge in [-0.3, -0.25) is 0 Å². The van der Waals surface area contributed by atoms with Crippen molar-refractivity contribution in [1.82, 2.24) is 29.9 Å². The van der Waals surface area contributed by atoms with Crippen LogP contribution in [0.15, 0.2) is 36.8 Å². The first-order valence-corrected chi connectivity index (χ1v) is 8.95. The molecule has 3 aromatic rings. The first kappa shape index (κ1) is 17.6. The summed E-state index contributed by atoms with van der Waals surface area (Å²) in [6, 6.07) is 8.13. The zero-order valence-corrected chi connectivity index (χ0v) is 15.8. The summed E-state index contributed by atoms with van der Waals surface area (Å²) in [5.74, 6) is 1.62. The molecule has 0 aromatic carbocycles. The lowest BCUT2D eigenvalue weighted by Gasteiger charge is -2.19. The van der Waals surface area contributed by atoms with Gasteiger partial charge >= 0.3 is 0 Å². The Morgan fingerprint density at radius 3 is 2.93 bits per heavy atom. The summed E-state index contributed by atoms with van der Waals surface area (Å²) in [7, 11) is 5.64. The summed E-state index contributed by atoms with van der Waals surface area (Å²) in [6.45, 7) is 2.28. The predicted molar refractivity (Wildman–Crippen MR) is 103 cm³/mol. The number of ether oxygens (including phenoxy) is 1. The van der Waals surface area contributed by atoms with Crippen LogP contribution in [-0.2, 0) is 11.3 Å². The number of pyridine rings is 1. The molecule has 0 spiro atoms. The average Bonchev–Trinajstić information content (AvgIpc) is 3.33. The molecule has 0 unspecified atom stereocenters. The van der Waals surface area contributed by atoms with E-state index in [1.54, 1.807) is 19.6 Å². The molecule has 0 radical (unpaired) electrons. The van der Waals surface area contributed by atoms with Gasteiger partial charge in [0.05, 0.1) is 17.8 Å². The van der Waals surface area contributed by atoms with Crippen LogP contribution in [0.1, 0.15) is 5.69 Å². The fraction of sp³-hybridized carbons (Fsp3) is 0.444. The maximum atomic E-state index is 5.72. The molecule has 2 atom stereocenters. The number of nitrogens with zero attached hydrogens (tertiary/aromatic N) is 7. The normalized spacial score (nSPS) is 19.7. The van der Waals surface area contributed by atoms with Crippen molar-refractivity contribution < 1.29 is 4.74 Å². The Morgan fingerprint density at radius 2 is 2.11 bits per heavy atom. The molecular formula is C18H24N8O. The fourth-order valence-electron chi connectivity index (χ4n) is 3.40. The first-order valence-electron chi connectivity index (χ1n) is 8.95. The second-order valence-corrected chi connectivity index (χ2v) is 6.82. The highest BCUT2D eigenvalue weighted by Crippen LogP contribution is 2.21. The number of rotatable bonds is 6. The Balaban J connectivity index is 1.47. The first-order chi connectivity index (χ1) is 13.2. The smallest absolute Gasteiger partial charge is 0.226 e. The average molecular weight is 368 g/mol. The minimum absolute atomic E-state index is 0.0812. The van der Waals surface area contributed by atoms with Gasteiger partial charge in [-0.15, -0.1) is 0 Å². The number of hydrogen-bond acceptors (Lipinski definition) is 8. The Bertz CT molecular complexity index is 911. The molecular weight excluding hydrogens is 344 g/mol. The Kier molecular flexibility index (Phi) is 4.87. The zero-order valence-electron chi connectivity index (χ0n) is 15.8. The quantitative estimate of drug-likeness (QED) is 0.676. The number of methoxy groups -OCH3 is 1. The molecule has 9 nitrogen and oxygen atoms in total. The van der Waals surface area contributed by atoms with E-state index in [9.17, 15) is 0 Å². The molecule has 1 N–H and O–H groups in total. The molecule has 9 heteroatoms. The van der Waals surface area contributed by atoms with Crippen molar-refractivity contribution >= 4 is 17.4 Å². The summed E-state index contributed by atoms with van der Waals surface area (Å²) in [6.07, 6.45) is 3.45. The van der Waals surface area contributed by atoms with Gasteiger partial charge in [0.2, 0.25) is 5.95 Å². The molecule has 0 bridgehead atoms. The highest BCUT2D eigenvalue weighted by atomic mass is 16.5. The van der Waals surface area contributed by atoms with Crippen LogP contribution in [-0.4, -0.2) is 71.0 Å². The topological polar surface area (TPSA) is 83.7 Å². The number of aromatic nitrogens is 5. The lowest BCUT2D eigenvalue weighted by molar-refractivity contribution is 0.0965. The minimum Gasteiger partial charge on any atom is -0.378 e. The summed E-state index contributed by atoms with van der Waals surface area (Å²) >= 11 is 0. The number of anilines is 2. The van der Waals surface area contributed by atoms with Gasteiger partial charge in [0.25, 0.3) is 0 Å². The molecule has 1 aliphatic rings. The van der Waals surface area contributed by atoms with E-state index in [-0.39, 0.29) is 12.1 Å². The van der Waals surface area contributed by atoms with Gasteiger partial charge in [0.15, 0.2) is 5.65 Å². The summed E-state index contributed by atoms with van der Waals surface area (Å²) in [5, 5.41) is 7.90. The van der Waals surface area contributed by atoms with Gasteiger partial charge in [-0.1, -0.05) is 6.07 Å². The van der Waals surface area contributed by atoms with Crippen LogP contribution < -0.4 is 15.1 Å². The molecule has 0 saturated carbocycles. The van der Waals surface area contributed by atoms with Crippen LogP contribution in [0.5, 0.6) is 0 Å². The number of fused-ring (bicyclic) bond motifs is 1. The maximum Gasteiger partial charge on any atom is 0.226 e. The Labute approximate surface area is 158 Å². The zero-order chi connectivity index (χ0) is 18.8. The number of hydrogen-bond donors (Lipinski definition) is 1. The second-order valence-electron chi connectivity index (χ2n) is 6.82. The molecule has 1 fully saturated rings. The lowest BCUT2D eigenvalue weighted by atomic mass is 10.2. The summed E-state index contributed by atoms with van der Waals surface area (Å²) in [5.41, 5.74) is 1.91. The Hall–Kier alpha value is -2.78. The van der Waals surface area contributed by atoms with E-state index < -0.39 is 0 Å². The van der Waals surface area contributed by atoms with E-state index >= 15 is 0 Å². The third-order valence-corrected chi connectivity index (χ3v) is 4.85. The van der Waals surface area contributed by atoms with Crippen LogP contribution in [0.4, 0.5) is 11.8 Å². The lowest BCUT2D eigenvalue weighted by Crippen LogP contribution is -2.40. The van der Waals surface area contributed by atoms with E-state index in [0.29, 0.717) is 12.5 Å². The predicted octanol–water partition coefficient (Wildman–Crippen LogP) is 0.579. The number of nitrogens with one attached hydrogen (secondary N) is 1. The molecule has 142 valence electrons. The highest BCUT2D eigenvalue weighted by Gasteiger charge is 2.33. The van der Waals surface area contributed by atoms with Crippen LogP contribution >= 0.6 is 0 Å². The standard InChI is InChI=1S/C18H24N8O/c1-24(2)18-19-8-7-17(23-18)25-10-14(15(11-25)27-3)20-9-13-5-4-6-16-21-12-22-26(13)16/h4-8,12,14-15,20H,9-11H2,1-3H3/t14-,15+/m0/s1. The van der Waals surface area contributed by atoms with E-state index in [0.717, 1.165) is 30.2 Å². The van der Waals surface area contributed by atoms with Crippen LogP contribution in [0.25, 0.3) is 5.65 Å². The van der Waals surface area contributed by atoms with Crippen LogP contribution in [0.3, 0.4) is 0 Å². The molecule has 0 aliphatic carbocycles. The molecule has 1 aliphatic heterocycles. The third kappa shape index (κ3) is 3.56. The molecule has 3 aromatic heterocycles. The van der Waals surface area contributed by atoms with E-state index in [1.807, 2.05) is 41.7 Å². The maximum absolute atomic E-state index is 5.72. The highest BCUT2D eigenvalue weighted by molar-refractivity contribution is 5.45. The van der Waals surface area contributed by atoms with Gasteiger partial charge in [-0.2, -0.15) is 10.1 Å². The molecule has 27 heavy (non-hydrogen) atoms. The van der Waals surface area contributed by atoms with Crippen molar-refractivity contribution in [3.63, 3.8) is 0 Å². The molecule has 4 rings (SSSR count). The van der Waals surface area contributed by atoms with Crippen molar-refractivity contribution in [2.75, 3.05) is 44.1 Å². The van der Waals surface area contributed by atoms with Gasteiger partial charge < -0.3 is 19.9 Å². The van der Waals surface area contributed by atoms with Crippen LogP contribution in [0, 0.1) is 0 Å².